The summed E-state index contributed by atoms with van der Waals surface area (Å²) in [6.07, 6.45) is 4.73. The van der Waals surface area contributed by atoms with Gasteiger partial charge in [0.05, 0.1) is 13.2 Å². The molecule has 29 heavy (non-hydrogen) atoms. The van der Waals surface area contributed by atoms with Crippen molar-refractivity contribution >= 4 is 17.3 Å². The monoisotopic (exact) mass is 396 g/mol. The van der Waals surface area contributed by atoms with Crippen LogP contribution in [-0.2, 0) is 4.79 Å². The van der Waals surface area contributed by atoms with Crippen molar-refractivity contribution in [1.29, 1.82) is 0 Å². The molecule has 0 aliphatic rings. The van der Waals surface area contributed by atoms with Gasteiger partial charge in [0.15, 0.2) is 0 Å². The molecule has 0 fully saturated rings. The molecule has 0 aliphatic heterocycles. The molecular formula is C24H32N2O3. The minimum Gasteiger partial charge on any atom is -0.494 e. The summed E-state index contributed by atoms with van der Waals surface area (Å²) >= 11 is 0. The summed E-state index contributed by atoms with van der Waals surface area (Å²) < 4.78 is 11.3. The minimum absolute atomic E-state index is 0.110. The third kappa shape index (κ3) is 9.19. The summed E-state index contributed by atoms with van der Waals surface area (Å²) in [4.78, 5) is 12.1. The molecule has 0 saturated heterocycles. The lowest BCUT2D eigenvalue weighted by atomic mass is 10.2. The van der Waals surface area contributed by atoms with Gasteiger partial charge in [-0.3, -0.25) is 4.79 Å². The number of rotatable bonds is 13. The predicted molar refractivity (Wildman–Crippen MR) is 120 cm³/mol. The van der Waals surface area contributed by atoms with Crippen molar-refractivity contribution < 1.29 is 14.3 Å². The van der Waals surface area contributed by atoms with Crippen molar-refractivity contribution in [2.24, 2.45) is 0 Å². The summed E-state index contributed by atoms with van der Waals surface area (Å²) in [7, 11) is 0. The Morgan fingerprint density at radius 3 is 2.14 bits per heavy atom. The van der Waals surface area contributed by atoms with Crippen molar-refractivity contribution in [3.63, 3.8) is 0 Å². The zero-order valence-corrected chi connectivity index (χ0v) is 17.5. The molecule has 0 aliphatic carbocycles. The lowest BCUT2D eigenvalue weighted by Gasteiger charge is -2.10. The molecule has 2 aromatic rings. The van der Waals surface area contributed by atoms with Crippen molar-refractivity contribution in [1.82, 2.24) is 0 Å². The maximum atomic E-state index is 12.1. The molecule has 0 heterocycles. The Bertz CT molecular complexity index is 755. The Labute approximate surface area is 174 Å². The van der Waals surface area contributed by atoms with Crippen LogP contribution in [0, 0.1) is 0 Å². The Balaban J connectivity index is 1.70. The van der Waals surface area contributed by atoms with Crippen molar-refractivity contribution in [3.8, 4) is 11.5 Å². The SMILES string of the molecule is C=C(C)COc1ccc(NCC(=O)Nc2ccc(OCCCCCC)cc2)cc1. The lowest BCUT2D eigenvalue weighted by Crippen LogP contribution is -2.21. The van der Waals surface area contributed by atoms with Crippen LogP contribution in [0.4, 0.5) is 11.4 Å². The fourth-order valence-corrected chi connectivity index (χ4v) is 2.62. The van der Waals surface area contributed by atoms with Crippen LogP contribution in [-0.4, -0.2) is 25.7 Å². The van der Waals surface area contributed by atoms with Gasteiger partial charge >= 0.3 is 0 Å². The molecule has 0 bridgehead atoms. The lowest BCUT2D eigenvalue weighted by molar-refractivity contribution is -0.114. The molecule has 5 nitrogen and oxygen atoms in total. The van der Waals surface area contributed by atoms with Gasteiger partial charge in [0.25, 0.3) is 0 Å². The van der Waals surface area contributed by atoms with E-state index in [4.69, 9.17) is 9.47 Å². The number of anilines is 2. The second-order valence-electron chi connectivity index (χ2n) is 7.11. The van der Waals surface area contributed by atoms with Crippen LogP contribution >= 0.6 is 0 Å². The van der Waals surface area contributed by atoms with E-state index in [1.54, 1.807) is 0 Å². The minimum atomic E-state index is -0.110. The van der Waals surface area contributed by atoms with Gasteiger partial charge in [-0.05, 0) is 67.4 Å². The number of unbranched alkanes of at least 4 members (excludes halogenated alkanes) is 3. The predicted octanol–water partition coefficient (Wildman–Crippen LogP) is 5.65. The molecular weight excluding hydrogens is 364 g/mol. The molecule has 2 aromatic carbocycles. The molecule has 0 aromatic heterocycles. The molecule has 0 radical (unpaired) electrons. The van der Waals surface area contributed by atoms with E-state index in [9.17, 15) is 4.79 Å². The largest absolute Gasteiger partial charge is 0.494 e. The summed E-state index contributed by atoms with van der Waals surface area (Å²) in [6.45, 7) is 9.33. The standard InChI is InChI=1S/C24H32N2O3/c1-4-5-6-7-16-28-22-14-10-21(11-15-22)26-24(27)17-25-20-8-12-23(13-9-20)29-18-19(2)3/h8-15,25H,2,4-7,16-18H2,1,3H3,(H,26,27). The molecule has 0 saturated carbocycles. The van der Waals surface area contributed by atoms with Crippen LogP contribution in [0.25, 0.3) is 0 Å². The fraction of sp³-hybridized carbons (Fsp3) is 0.375. The van der Waals surface area contributed by atoms with Crippen LogP contribution in [0.1, 0.15) is 39.5 Å². The van der Waals surface area contributed by atoms with Crippen LogP contribution in [0.3, 0.4) is 0 Å². The molecule has 1 amide bonds. The van der Waals surface area contributed by atoms with Gasteiger partial charge in [-0.25, -0.2) is 0 Å². The van der Waals surface area contributed by atoms with Crippen molar-refractivity contribution in [2.75, 3.05) is 30.4 Å². The van der Waals surface area contributed by atoms with Gasteiger partial charge in [0, 0.05) is 11.4 Å². The molecule has 0 unspecified atom stereocenters. The number of nitrogens with one attached hydrogen (secondary N) is 2. The topological polar surface area (TPSA) is 59.6 Å². The quantitative estimate of drug-likeness (QED) is 0.339. The third-order valence-electron chi connectivity index (χ3n) is 4.20. The van der Waals surface area contributed by atoms with Gasteiger partial charge in [-0.1, -0.05) is 32.8 Å². The molecule has 2 N–H and O–H groups in total. The zero-order valence-electron chi connectivity index (χ0n) is 17.5. The molecule has 0 atom stereocenters. The summed E-state index contributed by atoms with van der Waals surface area (Å²) in [5.74, 6) is 1.49. The maximum Gasteiger partial charge on any atom is 0.243 e. The average Bonchev–Trinajstić information content (AvgIpc) is 2.72. The highest BCUT2D eigenvalue weighted by molar-refractivity contribution is 5.93. The van der Waals surface area contributed by atoms with E-state index in [1.165, 1.54) is 19.3 Å². The van der Waals surface area contributed by atoms with Gasteiger partial charge in [-0.2, -0.15) is 0 Å². The number of hydrogen-bond donors (Lipinski definition) is 2. The second-order valence-corrected chi connectivity index (χ2v) is 7.11. The third-order valence-corrected chi connectivity index (χ3v) is 4.20. The Morgan fingerprint density at radius 1 is 0.897 bits per heavy atom. The first kappa shape index (κ1) is 22.3. The summed E-state index contributed by atoms with van der Waals surface area (Å²) in [5.41, 5.74) is 2.57. The normalized spacial score (nSPS) is 10.3. The summed E-state index contributed by atoms with van der Waals surface area (Å²) in [6, 6.07) is 15.0. The maximum absolute atomic E-state index is 12.1. The number of carbonyl (C=O) groups excluding carboxylic acids is 1. The number of carbonyl (C=O) groups is 1. The number of ether oxygens (including phenoxy) is 2. The van der Waals surface area contributed by atoms with E-state index in [-0.39, 0.29) is 12.5 Å². The second kappa shape index (κ2) is 12.5. The summed E-state index contributed by atoms with van der Waals surface area (Å²) in [5, 5.41) is 5.98. The molecule has 156 valence electrons. The van der Waals surface area contributed by atoms with E-state index in [1.807, 2.05) is 55.5 Å². The van der Waals surface area contributed by atoms with Gasteiger partial charge in [0.2, 0.25) is 5.91 Å². The average molecular weight is 397 g/mol. The molecule has 5 heteroatoms. The van der Waals surface area contributed by atoms with E-state index in [0.717, 1.165) is 41.5 Å². The van der Waals surface area contributed by atoms with Gasteiger partial charge in [0.1, 0.15) is 18.1 Å². The number of amides is 1. The van der Waals surface area contributed by atoms with E-state index >= 15 is 0 Å². The highest BCUT2D eigenvalue weighted by Gasteiger charge is 2.03. The number of benzene rings is 2. The van der Waals surface area contributed by atoms with E-state index < -0.39 is 0 Å². The smallest absolute Gasteiger partial charge is 0.243 e. The fourth-order valence-electron chi connectivity index (χ4n) is 2.62. The van der Waals surface area contributed by atoms with Crippen LogP contribution in [0.5, 0.6) is 11.5 Å². The van der Waals surface area contributed by atoms with Crippen molar-refractivity contribution in [3.05, 3.63) is 60.7 Å². The van der Waals surface area contributed by atoms with Crippen LogP contribution in [0.2, 0.25) is 0 Å². The van der Waals surface area contributed by atoms with E-state index in [2.05, 4.69) is 24.1 Å². The molecule has 2 rings (SSSR count). The zero-order chi connectivity index (χ0) is 20.9. The highest BCUT2D eigenvalue weighted by atomic mass is 16.5. The first-order valence-electron chi connectivity index (χ1n) is 10.2. The van der Waals surface area contributed by atoms with Gasteiger partial charge in [-0.15, -0.1) is 0 Å². The van der Waals surface area contributed by atoms with Crippen molar-refractivity contribution in [2.45, 2.75) is 39.5 Å². The Kier molecular flexibility index (Phi) is 9.63. The van der Waals surface area contributed by atoms with Crippen LogP contribution in [0.15, 0.2) is 60.7 Å². The van der Waals surface area contributed by atoms with E-state index in [0.29, 0.717) is 6.61 Å². The first-order chi connectivity index (χ1) is 14.1. The Hall–Kier alpha value is -2.95. The van der Waals surface area contributed by atoms with Crippen LogP contribution < -0.4 is 20.1 Å². The number of hydrogen-bond acceptors (Lipinski definition) is 4. The van der Waals surface area contributed by atoms with Gasteiger partial charge < -0.3 is 20.1 Å². The molecule has 0 spiro atoms. The highest BCUT2D eigenvalue weighted by Crippen LogP contribution is 2.17. The first-order valence-corrected chi connectivity index (χ1v) is 10.2. The Morgan fingerprint density at radius 2 is 1.52 bits per heavy atom.